The van der Waals surface area contributed by atoms with Crippen molar-refractivity contribution in [3.05, 3.63) is 40.2 Å². The van der Waals surface area contributed by atoms with Gasteiger partial charge in [0.25, 0.3) is 0 Å². The van der Waals surface area contributed by atoms with Gasteiger partial charge in [0.15, 0.2) is 0 Å². The molecule has 3 N–H and O–H groups in total. The summed E-state index contributed by atoms with van der Waals surface area (Å²) in [7, 11) is 0. The van der Waals surface area contributed by atoms with E-state index >= 15 is 0 Å². The minimum absolute atomic E-state index is 0.525. The van der Waals surface area contributed by atoms with E-state index in [1.165, 1.54) is 0 Å². The smallest absolute Gasteiger partial charge is 0.106 e. The van der Waals surface area contributed by atoms with Crippen LogP contribution in [0.15, 0.2) is 28.2 Å². The second-order valence-electron chi connectivity index (χ2n) is 3.44. The van der Waals surface area contributed by atoms with E-state index in [0.717, 1.165) is 36.0 Å². The summed E-state index contributed by atoms with van der Waals surface area (Å²) in [5, 5.41) is 6.35. The third kappa shape index (κ3) is 3.16. The zero-order chi connectivity index (χ0) is 11.2. The Morgan fingerprint density at radius 2 is 2.44 bits per heavy atom. The Morgan fingerprint density at radius 3 is 3.12 bits per heavy atom. The van der Waals surface area contributed by atoms with Crippen molar-refractivity contribution in [3.63, 3.8) is 0 Å². The van der Waals surface area contributed by atoms with E-state index in [1.54, 1.807) is 17.6 Å². The summed E-state index contributed by atoms with van der Waals surface area (Å²) in [5.41, 5.74) is 6.56. The fraction of sp³-hybridized carbons (Fsp3) is 0.364. The molecule has 16 heavy (non-hydrogen) atoms. The molecule has 5 heteroatoms. The van der Waals surface area contributed by atoms with Crippen molar-refractivity contribution < 1.29 is 4.42 Å². The van der Waals surface area contributed by atoms with Crippen molar-refractivity contribution >= 4 is 11.3 Å². The molecule has 0 aliphatic carbocycles. The zero-order valence-electron chi connectivity index (χ0n) is 8.98. The van der Waals surface area contributed by atoms with Gasteiger partial charge in [0.1, 0.15) is 10.8 Å². The van der Waals surface area contributed by atoms with Crippen molar-refractivity contribution in [1.29, 1.82) is 0 Å². The number of furan rings is 1. The third-order valence-electron chi connectivity index (χ3n) is 2.21. The van der Waals surface area contributed by atoms with Gasteiger partial charge in [-0.05, 0) is 12.1 Å². The molecule has 0 radical (unpaired) electrons. The van der Waals surface area contributed by atoms with Crippen LogP contribution in [0.1, 0.15) is 16.5 Å². The van der Waals surface area contributed by atoms with Crippen molar-refractivity contribution in [2.24, 2.45) is 5.73 Å². The van der Waals surface area contributed by atoms with Gasteiger partial charge in [-0.3, -0.25) is 0 Å². The van der Waals surface area contributed by atoms with Crippen LogP contribution in [0.4, 0.5) is 0 Å². The normalized spacial score (nSPS) is 10.8. The highest BCUT2D eigenvalue weighted by Crippen LogP contribution is 2.08. The number of hydrogen-bond acceptors (Lipinski definition) is 5. The van der Waals surface area contributed by atoms with Crippen molar-refractivity contribution in [1.82, 2.24) is 10.3 Å². The Bertz CT molecular complexity index is 411. The number of hydrogen-bond donors (Lipinski definition) is 2. The van der Waals surface area contributed by atoms with Crippen molar-refractivity contribution in [2.45, 2.75) is 19.5 Å². The van der Waals surface area contributed by atoms with E-state index in [4.69, 9.17) is 10.2 Å². The summed E-state index contributed by atoms with van der Waals surface area (Å²) in [5.74, 6) is 1.01. The number of rotatable bonds is 6. The average Bonchev–Trinajstić information content (AvgIpc) is 2.95. The summed E-state index contributed by atoms with van der Waals surface area (Å²) < 4.78 is 5.24. The molecule has 4 nitrogen and oxygen atoms in total. The number of nitrogens with one attached hydrogen (secondary N) is 1. The molecule has 0 fully saturated rings. The molecule has 2 rings (SSSR count). The first-order chi connectivity index (χ1) is 7.88. The highest BCUT2D eigenvalue weighted by Gasteiger charge is 2.00. The average molecular weight is 237 g/mol. The predicted molar refractivity (Wildman–Crippen MR) is 64.1 cm³/mol. The van der Waals surface area contributed by atoms with Gasteiger partial charge in [-0.2, -0.15) is 0 Å². The maximum absolute atomic E-state index is 5.50. The minimum Gasteiger partial charge on any atom is -0.469 e. The summed E-state index contributed by atoms with van der Waals surface area (Å²) in [6.45, 7) is 2.21. The van der Waals surface area contributed by atoms with Crippen LogP contribution >= 0.6 is 11.3 Å². The molecule has 86 valence electrons. The van der Waals surface area contributed by atoms with Gasteiger partial charge in [0.05, 0.1) is 12.0 Å². The fourth-order valence-electron chi connectivity index (χ4n) is 1.41. The number of thiazole rings is 1. The lowest BCUT2D eigenvalue weighted by Gasteiger charge is -2.00. The van der Waals surface area contributed by atoms with E-state index in [9.17, 15) is 0 Å². The zero-order valence-corrected chi connectivity index (χ0v) is 9.80. The Hall–Kier alpha value is -1.17. The van der Waals surface area contributed by atoms with Gasteiger partial charge in [-0.25, -0.2) is 4.98 Å². The Kier molecular flexibility index (Phi) is 4.10. The van der Waals surface area contributed by atoms with Crippen LogP contribution < -0.4 is 11.1 Å². The predicted octanol–water partition coefficient (Wildman–Crippen LogP) is 1.53. The summed E-state index contributed by atoms with van der Waals surface area (Å²) in [6.07, 6.45) is 2.60. The van der Waals surface area contributed by atoms with Crippen molar-refractivity contribution in [3.8, 4) is 0 Å². The van der Waals surface area contributed by atoms with Gasteiger partial charge in [-0.15, -0.1) is 11.3 Å². The molecule has 2 aromatic heterocycles. The molecule has 0 spiro atoms. The highest BCUT2D eigenvalue weighted by atomic mass is 32.1. The first-order valence-electron chi connectivity index (χ1n) is 5.25. The third-order valence-corrected chi connectivity index (χ3v) is 3.13. The minimum atomic E-state index is 0.525. The van der Waals surface area contributed by atoms with Gasteiger partial charge in [0, 0.05) is 31.4 Å². The van der Waals surface area contributed by atoms with Crippen LogP contribution in [0.2, 0.25) is 0 Å². The molecule has 0 aliphatic heterocycles. The van der Waals surface area contributed by atoms with Gasteiger partial charge < -0.3 is 15.5 Å². The molecule has 0 amide bonds. The largest absolute Gasteiger partial charge is 0.469 e. The lowest BCUT2D eigenvalue weighted by molar-refractivity contribution is 0.498. The fourth-order valence-corrected chi connectivity index (χ4v) is 2.08. The molecule has 0 aromatic carbocycles. The standard InChI is InChI=1S/C11H15N3OS/c12-6-11-14-9(8-16-11)7-13-4-3-10-2-1-5-15-10/h1-2,5,8,13H,3-4,6-7,12H2. The summed E-state index contributed by atoms with van der Waals surface area (Å²) >= 11 is 1.61. The lowest BCUT2D eigenvalue weighted by Crippen LogP contribution is -2.16. The molecule has 0 bridgehead atoms. The summed E-state index contributed by atoms with van der Waals surface area (Å²) in [4.78, 5) is 4.37. The maximum Gasteiger partial charge on any atom is 0.106 e. The topological polar surface area (TPSA) is 64.1 Å². The van der Waals surface area contributed by atoms with Gasteiger partial charge in [-0.1, -0.05) is 0 Å². The van der Waals surface area contributed by atoms with E-state index in [1.807, 2.05) is 17.5 Å². The monoisotopic (exact) mass is 237 g/mol. The van der Waals surface area contributed by atoms with E-state index < -0.39 is 0 Å². The van der Waals surface area contributed by atoms with Crippen molar-refractivity contribution in [2.75, 3.05) is 6.54 Å². The molecule has 2 aromatic rings. The number of aromatic nitrogens is 1. The number of nitrogens with zero attached hydrogens (tertiary/aromatic N) is 1. The van der Waals surface area contributed by atoms with E-state index in [2.05, 4.69) is 10.3 Å². The molecular formula is C11H15N3OS. The molecule has 0 saturated carbocycles. The molecule has 0 aliphatic rings. The Labute approximate surface area is 98.5 Å². The van der Waals surface area contributed by atoms with E-state index in [0.29, 0.717) is 6.54 Å². The lowest BCUT2D eigenvalue weighted by atomic mass is 10.3. The van der Waals surface area contributed by atoms with Gasteiger partial charge >= 0.3 is 0 Å². The molecule has 0 saturated heterocycles. The molecule has 0 unspecified atom stereocenters. The Balaban J connectivity index is 1.68. The van der Waals surface area contributed by atoms with Crippen LogP contribution in [0.3, 0.4) is 0 Å². The first kappa shape index (κ1) is 11.3. The molecule has 0 atom stereocenters. The second kappa shape index (κ2) is 5.79. The van der Waals surface area contributed by atoms with Gasteiger partial charge in [0.2, 0.25) is 0 Å². The molecular weight excluding hydrogens is 222 g/mol. The maximum atomic E-state index is 5.50. The second-order valence-corrected chi connectivity index (χ2v) is 4.39. The Morgan fingerprint density at radius 1 is 1.50 bits per heavy atom. The van der Waals surface area contributed by atoms with Crippen LogP contribution in [0.5, 0.6) is 0 Å². The van der Waals surface area contributed by atoms with Crippen LogP contribution in [-0.4, -0.2) is 11.5 Å². The highest BCUT2D eigenvalue weighted by molar-refractivity contribution is 7.09. The SMILES string of the molecule is NCc1nc(CNCCc2ccco2)cs1. The quantitative estimate of drug-likeness (QED) is 0.748. The molecule has 2 heterocycles. The van der Waals surface area contributed by atoms with Crippen LogP contribution in [0.25, 0.3) is 0 Å². The van der Waals surface area contributed by atoms with Crippen LogP contribution in [-0.2, 0) is 19.5 Å². The summed E-state index contributed by atoms with van der Waals surface area (Å²) in [6, 6.07) is 3.89. The first-order valence-corrected chi connectivity index (χ1v) is 6.13. The van der Waals surface area contributed by atoms with Crippen LogP contribution in [0, 0.1) is 0 Å². The number of nitrogens with two attached hydrogens (primary N) is 1. The van der Waals surface area contributed by atoms with E-state index in [-0.39, 0.29) is 0 Å².